The van der Waals surface area contributed by atoms with Crippen molar-refractivity contribution in [2.24, 2.45) is 0 Å². The van der Waals surface area contributed by atoms with Gasteiger partial charge >= 0.3 is 0 Å². The molecular formula is C27H23Cl2NO3. The number of hydrogen-bond donors (Lipinski definition) is 1. The van der Waals surface area contributed by atoms with Crippen LogP contribution in [0.1, 0.15) is 23.6 Å². The van der Waals surface area contributed by atoms with E-state index in [9.17, 15) is 4.79 Å². The molecule has 4 aromatic rings. The van der Waals surface area contributed by atoms with E-state index in [2.05, 4.69) is 37.4 Å². The van der Waals surface area contributed by atoms with Crippen LogP contribution in [0.3, 0.4) is 0 Å². The molecule has 33 heavy (non-hydrogen) atoms. The highest BCUT2D eigenvalue weighted by Crippen LogP contribution is 2.38. The monoisotopic (exact) mass is 479 g/mol. The number of anilines is 1. The molecule has 0 spiro atoms. The van der Waals surface area contributed by atoms with Gasteiger partial charge in [-0.1, -0.05) is 47.0 Å². The van der Waals surface area contributed by atoms with Gasteiger partial charge in [0.2, 0.25) is 5.91 Å². The van der Waals surface area contributed by atoms with Gasteiger partial charge in [-0.05, 0) is 61.7 Å². The molecule has 0 bridgehead atoms. The second-order valence-electron chi connectivity index (χ2n) is 7.96. The number of rotatable bonds is 5. The van der Waals surface area contributed by atoms with Crippen LogP contribution in [0.2, 0.25) is 10.0 Å². The summed E-state index contributed by atoms with van der Waals surface area (Å²) in [5.74, 6) is 0.343. The zero-order valence-electron chi connectivity index (χ0n) is 18.8. The molecule has 1 heterocycles. The maximum Gasteiger partial charge on any atom is 0.248 e. The molecule has 4 nitrogen and oxygen atoms in total. The zero-order valence-corrected chi connectivity index (χ0v) is 20.3. The van der Waals surface area contributed by atoms with Crippen molar-refractivity contribution in [2.75, 3.05) is 12.4 Å². The number of amides is 1. The molecule has 0 aliphatic heterocycles. The summed E-state index contributed by atoms with van der Waals surface area (Å²) < 4.78 is 11.4. The maximum atomic E-state index is 12.6. The van der Waals surface area contributed by atoms with Crippen molar-refractivity contribution in [3.8, 4) is 16.9 Å². The van der Waals surface area contributed by atoms with Gasteiger partial charge in [-0.25, -0.2) is 0 Å². The molecule has 4 rings (SSSR count). The van der Waals surface area contributed by atoms with Crippen LogP contribution in [0.25, 0.3) is 27.7 Å². The van der Waals surface area contributed by atoms with Crippen LogP contribution in [0.5, 0.6) is 5.75 Å². The molecule has 0 saturated carbocycles. The molecule has 3 aromatic carbocycles. The van der Waals surface area contributed by atoms with Gasteiger partial charge < -0.3 is 14.5 Å². The first-order valence-electron chi connectivity index (χ1n) is 10.4. The van der Waals surface area contributed by atoms with Crippen LogP contribution in [-0.4, -0.2) is 13.0 Å². The lowest BCUT2D eigenvalue weighted by molar-refractivity contribution is -0.111. The molecule has 6 heteroatoms. The Morgan fingerprint density at radius 2 is 1.79 bits per heavy atom. The lowest BCUT2D eigenvalue weighted by Gasteiger charge is -2.11. The molecule has 1 aromatic heterocycles. The minimum Gasteiger partial charge on any atom is -0.496 e. The van der Waals surface area contributed by atoms with Crippen molar-refractivity contribution in [3.63, 3.8) is 0 Å². The number of halogens is 2. The van der Waals surface area contributed by atoms with Crippen molar-refractivity contribution in [3.05, 3.63) is 87.6 Å². The first kappa shape index (κ1) is 23.0. The summed E-state index contributed by atoms with van der Waals surface area (Å²) in [6.07, 6.45) is 3.30. The SMILES string of the molecule is COc1cc2occ(-c3ccc(C)cc3C)c2cc1/C(C)=C/C(=O)Nc1ccc(Cl)c(Cl)c1. The van der Waals surface area contributed by atoms with Crippen molar-refractivity contribution < 1.29 is 13.9 Å². The molecule has 0 saturated heterocycles. The fourth-order valence-electron chi connectivity index (χ4n) is 3.88. The van der Waals surface area contributed by atoms with Gasteiger partial charge in [-0.15, -0.1) is 0 Å². The number of carbonyl (C=O) groups excluding carboxylic acids is 1. The third-order valence-corrected chi connectivity index (χ3v) is 6.27. The largest absolute Gasteiger partial charge is 0.496 e. The van der Waals surface area contributed by atoms with E-state index in [1.807, 2.05) is 19.1 Å². The van der Waals surface area contributed by atoms with Gasteiger partial charge in [0.1, 0.15) is 11.3 Å². The van der Waals surface area contributed by atoms with E-state index in [1.54, 1.807) is 31.6 Å². The summed E-state index contributed by atoms with van der Waals surface area (Å²) >= 11 is 12.0. The van der Waals surface area contributed by atoms with Crippen LogP contribution in [0, 0.1) is 13.8 Å². The molecule has 0 aliphatic carbocycles. The number of ether oxygens (including phenoxy) is 1. The minimum atomic E-state index is -0.283. The number of fused-ring (bicyclic) bond motifs is 1. The van der Waals surface area contributed by atoms with Crippen molar-refractivity contribution in [2.45, 2.75) is 20.8 Å². The molecule has 1 amide bonds. The average molecular weight is 480 g/mol. The van der Waals surface area contributed by atoms with Crippen LogP contribution in [-0.2, 0) is 4.79 Å². The number of furan rings is 1. The highest BCUT2D eigenvalue weighted by atomic mass is 35.5. The molecule has 0 aliphatic rings. The van der Waals surface area contributed by atoms with Crippen molar-refractivity contribution >= 4 is 51.3 Å². The van der Waals surface area contributed by atoms with E-state index in [-0.39, 0.29) is 5.91 Å². The standard InChI is InChI=1S/C27H23Cl2NO3/c1-15-5-7-19(16(2)9-15)22-14-33-26-13-25(32-4)20(12-21(22)26)17(3)10-27(31)30-18-6-8-23(28)24(29)11-18/h5-14H,1-4H3,(H,30,31)/b17-10+. The number of aryl methyl sites for hydroxylation is 2. The van der Waals surface area contributed by atoms with Crippen molar-refractivity contribution in [1.29, 1.82) is 0 Å². The molecule has 0 fully saturated rings. The van der Waals surface area contributed by atoms with Crippen LogP contribution in [0.4, 0.5) is 5.69 Å². The van der Waals surface area contributed by atoms with Crippen molar-refractivity contribution in [1.82, 2.24) is 0 Å². The first-order valence-corrected chi connectivity index (χ1v) is 11.1. The number of allylic oxidation sites excluding steroid dienone is 1. The predicted octanol–water partition coefficient (Wildman–Crippen LogP) is 8.07. The number of methoxy groups -OCH3 is 1. The average Bonchev–Trinajstić information content (AvgIpc) is 3.18. The van der Waals surface area contributed by atoms with E-state index >= 15 is 0 Å². The van der Waals surface area contributed by atoms with E-state index in [4.69, 9.17) is 32.4 Å². The molecule has 0 unspecified atom stereocenters. The number of hydrogen-bond acceptors (Lipinski definition) is 3. The summed E-state index contributed by atoms with van der Waals surface area (Å²) in [6, 6.07) is 15.1. The van der Waals surface area contributed by atoms with Crippen LogP contribution < -0.4 is 10.1 Å². The normalized spacial score (nSPS) is 11.6. The van der Waals surface area contributed by atoms with Gasteiger partial charge in [0.15, 0.2) is 0 Å². The lowest BCUT2D eigenvalue weighted by atomic mass is 9.96. The Bertz CT molecular complexity index is 1400. The van der Waals surface area contributed by atoms with E-state index in [0.29, 0.717) is 21.5 Å². The van der Waals surface area contributed by atoms with Gasteiger partial charge in [-0.3, -0.25) is 4.79 Å². The fraction of sp³-hybridized carbons (Fsp3) is 0.148. The predicted molar refractivity (Wildman–Crippen MR) is 136 cm³/mol. The minimum absolute atomic E-state index is 0.283. The Kier molecular flexibility index (Phi) is 6.50. The van der Waals surface area contributed by atoms with Crippen LogP contribution in [0.15, 0.2) is 65.3 Å². The van der Waals surface area contributed by atoms with Crippen LogP contribution >= 0.6 is 23.2 Å². The molecule has 0 radical (unpaired) electrons. The third kappa shape index (κ3) is 4.77. The summed E-state index contributed by atoms with van der Waals surface area (Å²) in [5, 5.41) is 4.57. The fourth-order valence-corrected chi connectivity index (χ4v) is 4.18. The third-order valence-electron chi connectivity index (χ3n) is 5.53. The number of benzene rings is 3. The highest BCUT2D eigenvalue weighted by Gasteiger charge is 2.16. The zero-order chi connectivity index (χ0) is 23.7. The second-order valence-corrected chi connectivity index (χ2v) is 8.78. The first-order chi connectivity index (χ1) is 15.8. The smallest absolute Gasteiger partial charge is 0.248 e. The van der Waals surface area contributed by atoms with Gasteiger partial charge in [0.25, 0.3) is 0 Å². The maximum absolute atomic E-state index is 12.6. The quantitative estimate of drug-likeness (QED) is 0.294. The van der Waals surface area contributed by atoms with Gasteiger partial charge in [0, 0.05) is 34.3 Å². The van der Waals surface area contributed by atoms with E-state index in [0.717, 1.165) is 33.2 Å². The topological polar surface area (TPSA) is 51.5 Å². The Morgan fingerprint density at radius 3 is 2.48 bits per heavy atom. The second kappa shape index (κ2) is 9.34. The number of carbonyl (C=O) groups is 1. The lowest BCUT2D eigenvalue weighted by Crippen LogP contribution is -2.08. The summed E-state index contributed by atoms with van der Waals surface area (Å²) in [5.41, 5.74) is 7.32. The molecule has 0 atom stereocenters. The molecular weight excluding hydrogens is 457 g/mol. The van der Waals surface area contributed by atoms with E-state index < -0.39 is 0 Å². The molecule has 168 valence electrons. The summed E-state index contributed by atoms with van der Waals surface area (Å²) in [4.78, 5) is 12.6. The molecule has 1 N–H and O–H groups in total. The summed E-state index contributed by atoms with van der Waals surface area (Å²) in [7, 11) is 1.60. The van der Waals surface area contributed by atoms with Gasteiger partial charge in [-0.2, -0.15) is 0 Å². The van der Waals surface area contributed by atoms with Gasteiger partial charge in [0.05, 0.1) is 23.4 Å². The summed E-state index contributed by atoms with van der Waals surface area (Å²) in [6.45, 7) is 6.03. The van der Waals surface area contributed by atoms with E-state index in [1.165, 1.54) is 17.2 Å². The Balaban J connectivity index is 1.72. The number of nitrogens with one attached hydrogen (secondary N) is 1. The Hall–Kier alpha value is -3.21. The Labute approximate surface area is 202 Å². The highest BCUT2D eigenvalue weighted by molar-refractivity contribution is 6.42. The Morgan fingerprint density at radius 1 is 1.00 bits per heavy atom.